The Bertz CT molecular complexity index is 899. The monoisotopic (exact) mass is 304 g/mol. The number of H-pyrrole nitrogens is 1. The van der Waals surface area contributed by atoms with Crippen LogP contribution in [0.2, 0.25) is 0 Å². The van der Waals surface area contributed by atoms with Crippen molar-refractivity contribution in [2.75, 3.05) is 0 Å². The van der Waals surface area contributed by atoms with Crippen molar-refractivity contribution in [1.82, 2.24) is 10.2 Å². The van der Waals surface area contributed by atoms with Crippen LogP contribution in [0.15, 0.2) is 70.6 Å². The molecule has 1 heterocycles. The van der Waals surface area contributed by atoms with E-state index in [1.165, 1.54) is 0 Å². The van der Waals surface area contributed by atoms with E-state index < -0.39 is 0 Å². The van der Waals surface area contributed by atoms with Gasteiger partial charge in [-0.1, -0.05) is 60.7 Å². The highest BCUT2D eigenvalue weighted by molar-refractivity contribution is 6.06. The Balaban J connectivity index is 2.41. The molecule has 23 heavy (non-hydrogen) atoms. The van der Waals surface area contributed by atoms with Crippen molar-refractivity contribution in [2.45, 2.75) is 6.92 Å². The van der Waals surface area contributed by atoms with Crippen molar-refractivity contribution in [3.63, 3.8) is 0 Å². The Morgan fingerprint density at radius 3 is 2.13 bits per heavy atom. The third-order valence-corrected chi connectivity index (χ3v) is 3.65. The van der Waals surface area contributed by atoms with Crippen LogP contribution in [-0.4, -0.2) is 15.9 Å². The summed E-state index contributed by atoms with van der Waals surface area (Å²) in [4.78, 5) is 12.3. The van der Waals surface area contributed by atoms with Gasteiger partial charge < -0.3 is 5.84 Å². The molecule has 0 saturated carbocycles. The lowest BCUT2D eigenvalue weighted by Crippen LogP contribution is -2.21. The molecule has 3 rings (SSSR count). The number of hydrogen-bond donors (Lipinski definition) is 2. The molecule has 0 aliphatic carbocycles. The normalized spacial score (nSPS) is 11.4. The summed E-state index contributed by atoms with van der Waals surface area (Å²) >= 11 is 0. The van der Waals surface area contributed by atoms with E-state index in [4.69, 9.17) is 5.84 Å². The average molecular weight is 304 g/mol. The molecule has 0 radical (unpaired) electrons. The molecule has 0 bridgehead atoms. The second-order valence-corrected chi connectivity index (χ2v) is 5.10. The molecule has 0 saturated heterocycles. The molecular weight excluding hydrogens is 288 g/mol. The molecule has 3 N–H and O–H groups in total. The smallest absolute Gasteiger partial charge is 0.274 e. The first-order valence-corrected chi connectivity index (χ1v) is 7.20. The van der Waals surface area contributed by atoms with Gasteiger partial charge in [0.15, 0.2) is 0 Å². The van der Waals surface area contributed by atoms with E-state index in [1.54, 1.807) is 6.92 Å². The van der Waals surface area contributed by atoms with Crippen molar-refractivity contribution in [3.8, 4) is 22.4 Å². The number of rotatable bonds is 3. The maximum Gasteiger partial charge on any atom is 0.274 e. The van der Waals surface area contributed by atoms with E-state index in [9.17, 15) is 4.79 Å². The molecule has 0 spiro atoms. The second-order valence-electron chi connectivity index (χ2n) is 5.10. The molecule has 0 aliphatic rings. The molecular formula is C18H16N4O. The van der Waals surface area contributed by atoms with Crippen LogP contribution in [0.1, 0.15) is 12.5 Å². The van der Waals surface area contributed by atoms with Gasteiger partial charge in [-0.05, 0) is 12.5 Å². The maximum absolute atomic E-state index is 12.3. The minimum absolute atomic E-state index is 0.310. The zero-order chi connectivity index (χ0) is 16.2. The van der Waals surface area contributed by atoms with Crippen LogP contribution < -0.4 is 11.4 Å². The fourth-order valence-corrected chi connectivity index (χ4v) is 2.55. The van der Waals surface area contributed by atoms with Crippen molar-refractivity contribution in [3.05, 3.63) is 76.6 Å². The minimum atomic E-state index is -0.310. The van der Waals surface area contributed by atoms with Gasteiger partial charge in [0.2, 0.25) is 0 Å². The molecule has 5 heteroatoms. The highest BCUT2D eigenvalue weighted by Gasteiger charge is 2.19. The minimum Gasteiger partial charge on any atom is -0.323 e. The fourth-order valence-electron chi connectivity index (χ4n) is 2.55. The van der Waals surface area contributed by atoms with E-state index in [0.29, 0.717) is 17.0 Å². The predicted molar refractivity (Wildman–Crippen MR) is 92.1 cm³/mol. The molecule has 1 aromatic heterocycles. The number of nitrogens with one attached hydrogen (secondary N) is 1. The summed E-state index contributed by atoms with van der Waals surface area (Å²) in [5.74, 6) is 5.42. The lowest BCUT2D eigenvalue weighted by Gasteiger charge is -2.13. The molecule has 3 aromatic rings. The van der Waals surface area contributed by atoms with E-state index >= 15 is 0 Å². The predicted octanol–water partition coefficient (Wildman–Crippen LogP) is 2.79. The molecule has 114 valence electrons. The van der Waals surface area contributed by atoms with Gasteiger partial charge in [-0.2, -0.15) is 10.2 Å². The summed E-state index contributed by atoms with van der Waals surface area (Å²) in [6.07, 6.45) is 0. The number of benzene rings is 2. The van der Waals surface area contributed by atoms with Crippen LogP contribution in [0, 0.1) is 0 Å². The van der Waals surface area contributed by atoms with E-state index in [0.717, 1.165) is 16.7 Å². The van der Waals surface area contributed by atoms with Gasteiger partial charge in [-0.25, -0.2) is 5.10 Å². The fraction of sp³-hybridized carbons (Fsp3) is 0.0556. The van der Waals surface area contributed by atoms with Gasteiger partial charge in [0.05, 0.1) is 17.0 Å². The maximum atomic E-state index is 12.3. The van der Waals surface area contributed by atoms with Crippen molar-refractivity contribution in [1.29, 1.82) is 0 Å². The van der Waals surface area contributed by atoms with Crippen molar-refractivity contribution in [2.24, 2.45) is 10.9 Å². The number of nitrogens with two attached hydrogens (primary N) is 1. The van der Waals surface area contributed by atoms with Crippen LogP contribution >= 0.6 is 0 Å². The summed E-state index contributed by atoms with van der Waals surface area (Å²) in [6.45, 7) is 1.71. The zero-order valence-electron chi connectivity index (χ0n) is 12.7. The number of nitrogens with zero attached hydrogens (tertiary/aromatic N) is 2. The molecule has 0 atom stereocenters. The number of hydrazone groups is 1. The van der Waals surface area contributed by atoms with Gasteiger partial charge in [0, 0.05) is 11.1 Å². The van der Waals surface area contributed by atoms with E-state index in [1.807, 2.05) is 60.7 Å². The highest BCUT2D eigenvalue weighted by Crippen LogP contribution is 2.31. The van der Waals surface area contributed by atoms with Crippen LogP contribution in [0.5, 0.6) is 0 Å². The first kappa shape index (κ1) is 14.7. The summed E-state index contributed by atoms with van der Waals surface area (Å²) in [5.41, 5.74) is 3.81. The third-order valence-electron chi connectivity index (χ3n) is 3.65. The highest BCUT2D eigenvalue weighted by atomic mass is 16.1. The summed E-state index contributed by atoms with van der Waals surface area (Å²) in [5, 5.41) is 10.5. The summed E-state index contributed by atoms with van der Waals surface area (Å²) in [6, 6.07) is 19.3. The topological polar surface area (TPSA) is 84.1 Å². The van der Waals surface area contributed by atoms with Crippen LogP contribution in [0.4, 0.5) is 0 Å². The number of aromatic amines is 1. The Morgan fingerprint density at radius 1 is 1.00 bits per heavy atom. The van der Waals surface area contributed by atoms with Crippen molar-refractivity contribution < 1.29 is 0 Å². The Hall–Kier alpha value is -3.21. The molecule has 0 aliphatic heterocycles. The van der Waals surface area contributed by atoms with Crippen LogP contribution in [0.25, 0.3) is 22.4 Å². The van der Waals surface area contributed by atoms with E-state index in [2.05, 4.69) is 15.3 Å². The van der Waals surface area contributed by atoms with Crippen LogP contribution in [-0.2, 0) is 0 Å². The lowest BCUT2D eigenvalue weighted by atomic mass is 9.94. The SMILES string of the molecule is C/C(=N\N)c1c(-c2ccccc2)c(-c2ccccc2)n[nH]c1=O. The lowest BCUT2D eigenvalue weighted by molar-refractivity contribution is 0.990. The first-order chi connectivity index (χ1) is 11.2. The Morgan fingerprint density at radius 2 is 1.57 bits per heavy atom. The van der Waals surface area contributed by atoms with Gasteiger partial charge >= 0.3 is 0 Å². The molecule has 5 nitrogen and oxygen atoms in total. The molecule has 0 fully saturated rings. The zero-order valence-corrected chi connectivity index (χ0v) is 12.7. The van der Waals surface area contributed by atoms with Gasteiger partial charge in [-0.15, -0.1) is 0 Å². The number of hydrogen-bond acceptors (Lipinski definition) is 4. The standard InChI is InChI=1S/C18H16N4O/c1-12(20-19)15-16(13-8-4-2-5-9-13)17(21-22-18(15)23)14-10-6-3-7-11-14/h2-11H,19H2,1H3,(H,22,23)/b20-12+. The average Bonchev–Trinajstić information content (AvgIpc) is 2.62. The molecule has 0 unspecified atom stereocenters. The Kier molecular flexibility index (Phi) is 4.01. The molecule has 0 amide bonds. The quantitative estimate of drug-likeness (QED) is 0.443. The molecule has 2 aromatic carbocycles. The first-order valence-electron chi connectivity index (χ1n) is 7.20. The number of aromatic nitrogens is 2. The Labute approximate surface area is 133 Å². The summed E-state index contributed by atoms with van der Waals surface area (Å²) in [7, 11) is 0. The largest absolute Gasteiger partial charge is 0.323 e. The second kappa shape index (κ2) is 6.27. The summed E-state index contributed by atoms with van der Waals surface area (Å²) < 4.78 is 0. The van der Waals surface area contributed by atoms with E-state index in [-0.39, 0.29) is 5.56 Å². The van der Waals surface area contributed by atoms with Crippen LogP contribution in [0.3, 0.4) is 0 Å². The van der Waals surface area contributed by atoms with Crippen molar-refractivity contribution >= 4 is 5.71 Å². The van der Waals surface area contributed by atoms with Gasteiger partial charge in [-0.3, -0.25) is 4.79 Å². The van der Waals surface area contributed by atoms with Gasteiger partial charge in [0.1, 0.15) is 0 Å². The third kappa shape index (κ3) is 2.76. The van der Waals surface area contributed by atoms with Gasteiger partial charge in [0.25, 0.3) is 5.56 Å².